The van der Waals surface area contributed by atoms with Gasteiger partial charge in [0.15, 0.2) is 0 Å². The molecule has 1 amide bonds. The molecule has 6 heteroatoms. The Labute approximate surface area is 97.0 Å². The molecule has 0 aromatic carbocycles. The van der Waals surface area contributed by atoms with Gasteiger partial charge < -0.3 is 4.90 Å². The molecular weight excluding hydrogens is 237 g/mol. The summed E-state index contributed by atoms with van der Waals surface area (Å²) in [6, 6.07) is 3.14. The van der Waals surface area contributed by atoms with E-state index in [4.69, 9.17) is 28.5 Å². The summed E-state index contributed by atoms with van der Waals surface area (Å²) < 4.78 is 0. The Balaban J connectivity index is 3.27. The molecule has 0 atom stereocenters. The molecular formula is C9H7Cl2N3O. The predicted molar refractivity (Wildman–Crippen MR) is 57.0 cm³/mol. The zero-order chi connectivity index (χ0) is 11.6. The lowest BCUT2D eigenvalue weighted by molar-refractivity contribution is 0.0822. The smallest absolute Gasteiger partial charge is 0.272 e. The van der Waals surface area contributed by atoms with E-state index in [1.54, 1.807) is 14.1 Å². The molecule has 1 heterocycles. The lowest BCUT2D eigenvalue weighted by Gasteiger charge is -2.10. The van der Waals surface area contributed by atoms with Gasteiger partial charge in [0.25, 0.3) is 5.91 Å². The molecule has 0 aliphatic heterocycles. The Morgan fingerprint density at radius 3 is 2.53 bits per heavy atom. The van der Waals surface area contributed by atoms with Crippen LogP contribution in [0.15, 0.2) is 6.07 Å². The van der Waals surface area contributed by atoms with Crippen molar-refractivity contribution >= 4 is 29.1 Å². The van der Waals surface area contributed by atoms with Gasteiger partial charge in [0.1, 0.15) is 22.5 Å². The predicted octanol–water partition coefficient (Wildman–Crippen LogP) is 1.96. The van der Waals surface area contributed by atoms with E-state index < -0.39 is 0 Å². The van der Waals surface area contributed by atoms with Crippen LogP contribution in [0.4, 0.5) is 0 Å². The molecule has 0 aliphatic rings. The third-order valence-corrected chi connectivity index (χ3v) is 2.24. The lowest BCUT2D eigenvalue weighted by atomic mass is 10.2. The van der Waals surface area contributed by atoms with Crippen LogP contribution in [-0.2, 0) is 0 Å². The molecule has 4 nitrogen and oxygen atoms in total. The Kier molecular flexibility index (Phi) is 3.51. The molecule has 78 valence electrons. The van der Waals surface area contributed by atoms with Crippen LogP contribution < -0.4 is 0 Å². The van der Waals surface area contributed by atoms with Crippen LogP contribution in [-0.4, -0.2) is 29.9 Å². The molecule has 0 bridgehead atoms. The average molecular weight is 244 g/mol. The zero-order valence-corrected chi connectivity index (χ0v) is 9.60. The van der Waals surface area contributed by atoms with Crippen LogP contribution in [0.2, 0.25) is 10.2 Å². The number of pyridine rings is 1. The van der Waals surface area contributed by atoms with Crippen molar-refractivity contribution in [2.45, 2.75) is 0 Å². The van der Waals surface area contributed by atoms with Gasteiger partial charge in [-0.25, -0.2) is 4.98 Å². The minimum Gasteiger partial charge on any atom is -0.343 e. The van der Waals surface area contributed by atoms with Gasteiger partial charge in [0, 0.05) is 14.1 Å². The normalized spacial score (nSPS) is 9.53. The highest BCUT2D eigenvalue weighted by atomic mass is 35.5. The topological polar surface area (TPSA) is 57.0 Å². The van der Waals surface area contributed by atoms with Gasteiger partial charge >= 0.3 is 0 Å². The van der Waals surface area contributed by atoms with Crippen molar-refractivity contribution in [3.63, 3.8) is 0 Å². The molecule has 15 heavy (non-hydrogen) atoms. The molecule has 0 saturated heterocycles. The number of hydrogen-bond acceptors (Lipinski definition) is 3. The van der Waals surface area contributed by atoms with Gasteiger partial charge in [-0.1, -0.05) is 23.2 Å². The largest absolute Gasteiger partial charge is 0.343 e. The number of carbonyl (C=O) groups excluding carboxylic acids is 1. The number of nitriles is 1. The van der Waals surface area contributed by atoms with Gasteiger partial charge in [0.05, 0.1) is 5.02 Å². The monoisotopic (exact) mass is 243 g/mol. The number of hydrogen-bond donors (Lipinski definition) is 0. The molecule has 0 aliphatic carbocycles. The highest BCUT2D eigenvalue weighted by Gasteiger charge is 2.15. The fraction of sp³-hybridized carbons (Fsp3) is 0.222. The first-order valence-electron chi connectivity index (χ1n) is 3.95. The van der Waals surface area contributed by atoms with Crippen molar-refractivity contribution in [1.29, 1.82) is 5.26 Å². The second-order valence-electron chi connectivity index (χ2n) is 2.97. The summed E-state index contributed by atoms with van der Waals surface area (Å²) in [5.41, 5.74) is 0.197. The summed E-state index contributed by atoms with van der Waals surface area (Å²) in [7, 11) is 3.17. The minimum atomic E-state index is -0.316. The molecule has 0 spiro atoms. The Morgan fingerprint density at radius 2 is 2.13 bits per heavy atom. The third-order valence-electron chi connectivity index (χ3n) is 1.66. The van der Waals surface area contributed by atoms with Crippen molar-refractivity contribution < 1.29 is 4.79 Å². The van der Waals surface area contributed by atoms with Crippen LogP contribution in [0.5, 0.6) is 0 Å². The number of aromatic nitrogens is 1. The van der Waals surface area contributed by atoms with Gasteiger partial charge in [-0.15, -0.1) is 0 Å². The van der Waals surface area contributed by atoms with Crippen LogP contribution in [0.25, 0.3) is 0 Å². The minimum absolute atomic E-state index is 0.0600. The number of amides is 1. The van der Waals surface area contributed by atoms with Crippen molar-refractivity contribution in [2.24, 2.45) is 0 Å². The van der Waals surface area contributed by atoms with Crippen molar-refractivity contribution in [1.82, 2.24) is 9.88 Å². The first-order chi connectivity index (χ1) is 6.97. The molecule has 1 rings (SSSR count). The maximum absolute atomic E-state index is 11.5. The van der Waals surface area contributed by atoms with E-state index in [9.17, 15) is 4.79 Å². The number of nitrogens with zero attached hydrogens (tertiary/aromatic N) is 3. The molecule has 0 N–H and O–H groups in total. The van der Waals surface area contributed by atoms with E-state index in [0.29, 0.717) is 0 Å². The fourth-order valence-corrected chi connectivity index (χ4v) is 1.44. The number of halogens is 2. The SMILES string of the molecule is CN(C)C(=O)c1cc(Cl)c(C#N)c(Cl)n1. The lowest BCUT2D eigenvalue weighted by Crippen LogP contribution is -2.22. The van der Waals surface area contributed by atoms with E-state index >= 15 is 0 Å². The van der Waals surface area contributed by atoms with Crippen molar-refractivity contribution in [2.75, 3.05) is 14.1 Å². The number of rotatable bonds is 1. The van der Waals surface area contributed by atoms with Gasteiger partial charge in [-0.2, -0.15) is 5.26 Å². The summed E-state index contributed by atoms with van der Waals surface area (Å²) in [4.78, 5) is 16.7. The van der Waals surface area contributed by atoms with Gasteiger partial charge in [-0.05, 0) is 6.07 Å². The first kappa shape index (κ1) is 11.8. The van der Waals surface area contributed by atoms with Gasteiger partial charge in [-0.3, -0.25) is 4.79 Å². The summed E-state index contributed by atoms with van der Waals surface area (Å²) in [5, 5.41) is 8.75. The van der Waals surface area contributed by atoms with Gasteiger partial charge in [0.2, 0.25) is 0 Å². The van der Waals surface area contributed by atoms with E-state index in [0.717, 1.165) is 0 Å². The van der Waals surface area contributed by atoms with Crippen molar-refractivity contribution in [3.8, 4) is 6.07 Å². The summed E-state index contributed by atoms with van der Waals surface area (Å²) >= 11 is 11.5. The standard InChI is InChI=1S/C9H7Cl2N3O/c1-14(2)9(15)7-3-6(10)5(4-12)8(11)13-7/h3H,1-2H3. The Bertz CT molecular complexity index is 428. The summed E-state index contributed by atoms with van der Waals surface area (Å²) in [6.45, 7) is 0. The van der Waals surface area contributed by atoms with Crippen LogP contribution in [0.3, 0.4) is 0 Å². The van der Waals surface area contributed by atoms with E-state index in [-0.39, 0.29) is 27.3 Å². The van der Waals surface area contributed by atoms with Crippen molar-refractivity contribution in [3.05, 3.63) is 27.5 Å². The Morgan fingerprint density at radius 1 is 1.53 bits per heavy atom. The molecule has 1 aromatic heterocycles. The highest BCUT2D eigenvalue weighted by molar-refractivity contribution is 6.36. The summed E-state index contributed by atoms with van der Waals surface area (Å²) in [5.74, 6) is -0.316. The van der Waals surface area contributed by atoms with E-state index in [2.05, 4.69) is 4.98 Å². The summed E-state index contributed by atoms with van der Waals surface area (Å²) in [6.07, 6.45) is 0. The second-order valence-corrected chi connectivity index (χ2v) is 3.73. The van der Waals surface area contributed by atoms with Crippen LogP contribution >= 0.6 is 23.2 Å². The maximum atomic E-state index is 11.5. The maximum Gasteiger partial charge on any atom is 0.272 e. The first-order valence-corrected chi connectivity index (χ1v) is 4.70. The molecule has 0 radical (unpaired) electrons. The van der Waals surface area contributed by atoms with Crippen LogP contribution in [0, 0.1) is 11.3 Å². The molecule has 0 fully saturated rings. The molecule has 0 saturated carbocycles. The second kappa shape index (κ2) is 4.47. The zero-order valence-electron chi connectivity index (χ0n) is 8.08. The average Bonchev–Trinajstić information content (AvgIpc) is 2.15. The van der Waals surface area contributed by atoms with E-state index in [1.807, 2.05) is 6.07 Å². The van der Waals surface area contributed by atoms with E-state index in [1.165, 1.54) is 11.0 Å². The third kappa shape index (κ3) is 2.38. The molecule has 0 unspecified atom stereocenters. The molecule has 1 aromatic rings. The quantitative estimate of drug-likeness (QED) is 0.709. The fourth-order valence-electron chi connectivity index (χ4n) is 0.923. The van der Waals surface area contributed by atoms with Crippen LogP contribution in [0.1, 0.15) is 16.1 Å². The highest BCUT2D eigenvalue weighted by Crippen LogP contribution is 2.23. The Hall–Kier alpha value is -1.31. The number of carbonyl (C=O) groups is 1.